The van der Waals surface area contributed by atoms with Gasteiger partial charge in [0.25, 0.3) is 0 Å². The molecule has 1 aromatic rings. The van der Waals surface area contributed by atoms with E-state index >= 15 is 0 Å². The monoisotopic (exact) mass is 242 g/mol. The van der Waals surface area contributed by atoms with Crippen molar-refractivity contribution in [1.29, 1.82) is 0 Å². The smallest absolute Gasteiger partial charge is 0.315 e. The first-order valence-electron chi connectivity index (χ1n) is 6.84. The number of carbonyl (C=O) groups excluding carboxylic acids is 1. The van der Waals surface area contributed by atoms with Crippen LogP contribution in [0.5, 0.6) is 5.75 Å². The lowest BCUT2D eigenvalue weighted by Gasteiger charge is -2.54. The van der Waals surface area contributed by atoms with E-state index in [9.17, 15) is 4.79 Å². The highest BCUT2D eigenvalue weighted by Crippen LogP contribution is 2.69. The van der Waals surface area contributed by atoms with Crippen molar-refractivity contribution < 1.29 is 9.53 Å². The molecule has 3 atom stereocenters. The van der Waals surface area contributed by atoms with Gasteiger partial charge in [-0.2, -0.15) is 0 Å². The van der Waals surface area contributed by atoms with Crippen LogP contribution in [0.2, 0.25) is 0 Å². The normalized spacial score (nSPS) is 39.1. The molecule has 2 aliphatic carbocycles. The van der Waals surface area contributed by atoms with E-state index in [2.05, 4.69) is 26.0 Å². The van der Waals surface area contributed by atoms with Gasteiger partial charge in [-0.15, -0.1) is 0 Å². The van der Waals surface area contributed by atoms with Crippen molar-refractivity contribution in [3.63, 3.8) is 0 Å². The van der Waals surface area contributed by atoms with E-state index < -0.39 is 0 Å². The molecule has 1 heterocycles. The van der Waals surface area contributed by atoms with Crippen LogP contribution >= 0.6 is 0 Å². The van der Waals surface area contributed by atoms with Crippen molar-refractivity contribution in [3.8, 4) is 5.75 Å². The summed E-state index contributed by atoms with van der Waals surface area (Å²) in [5.74, 6) is 1.59. The fraction of sp³-hybridized carbons (Fsp3) is 0.562. The number of fused-ring (bicyclic) bond motifs is 1. The van der Waals surface area contributed by atoms with Crippen molar-refractivity contribution in [1.82, 2.24) is 0 Å². The largest absolute Gasteiger partial charge is 0.426 e. The van der Waals surface area contributed by atoms with Gasteiger partial charge in [0.05, 0.1) is 5.92 Å². The molecule has 2 saturated carbocycles. The van der Waals surface area contributed by atoms with Gasteiger partial charge in [-0.3, -0.25) is 4.79 Å². The first kappa shape index (κ1) is 10.6. The van der Waals surface area contributed by atoms with E-state index in [1.807, 2.05) is 12.1 Å². The summed E-state index contributed by atoms with van der Waals surface area (Å²) >= 11 is 0. The van der Waals surface area contributed by atoms with E-state index in [0.29, 0.717) is 11.3 Å². The maximum Gasteiger partial charge on any atom is 0.315 e. The van der Waals surface area contributed by atoms with Crippen molar-refractivity contribution in [2.45, 2.75) is 38.5 Å². The van der Waals surface area contributed by atoms with Crippen LogP contribution in [-0.4, -0.2) is 5.97 Å². The maximum absolute atomic E-state index is 12.1. The minimum Gasteiger partial charge on any atom is -0.426 e. The van der Waals surface area contributed by atoms with Gasteiger partial charge >= 0.3 is 5.97 Å². The van der Waals surface area contributed by atoms with E-state index in [-0.39, 0.29) is 17.3 Å². The summed E-state index contributed by atoms with van der Waals surface area (Å²) in [4.78, 5) is 12.1. The third-order valence-electron chi connectivity index (χ3n) is 5.32. The first-order chi connectivity index (χ1) is 8.53. The van der Waals surface area contributed by atoms with Gasteiger partial charge in [0.1, 0.15) is 5.75 Å². The minimum atomic E-state index is 0.00245. The SMILES string of the molecule is CC1(C)C[C@H]2C[C@@H]3C(=O)Oc4ccccc4[C@]23C1. The van der Waals surface area contributed by atoms with Gasteiger partial charge in [-0.1, -0.05) is 32.0 Å². The molecule has 0 bridgehead atoms. The minimum absolute atomic E-state index is 0.00245. The Morgan fingerprint density at radius 3 is 2.83 bits per heavy atom. The summed E-state index contributed by atoms with van der Waals surface area (Å²) in [7, 11) is 0. The molecule has 2 fully saturated rings. The molecule has 0 aromatic heterocycles. The number of rotatable bonds is 0. The molecule has 2 nitrogen and oxygen atoms in total. The van der Waals surface area contributed by atoms with Crippen molar-refractivity contribution in [2.24, 2.45) is 17.3 Å². The second-order valence-electron chi connectivity index (χ2n) is 6.99. The van der Waals surface area contributed by atoms with Crippen molar-refractivity contribution >= 4 is 5.97 Å². The Morgan fingerprint density at radius 2 is 2.06 bits per heavy atom. The Bertz CT molecular complexity index is 546. The van der Waals surface area contributed by atoms with Crippen LogP contribution in [0.1, 0.15) is 38.7 Å². The molecule has 0 amide bonds. The Morgan fingerprint density at radius 1 is 1.28 bits per heavy atom. The number of para-hydroxylation sites is 1. The van der Waals surface area contributed by atoms with Crippen molar-refractivity contribution in [3.05, 3.63) is 29.8 Å². The third kappa shape index (κ3) is 1.07. The predicted octanol–water partition coefficient (Wildman–Crippen LogP) is 3.30. The zero-order chi connectivity index (χ0) is 12.5. The Kier molecular flexibility index (Phi) is 1.76. The third-order valence-corrected chi connectivity index (χ3v) is 5.32. The second kappa shape index (κ2) is 2.98. The highest BCUT2D eigenvalue weighted by atomic mass is 16.5. The lowest BCUT2D eigenvalue weighted by molar-refractivity contribution is -0.153. The summed E-state index contributed by atoms with van der Waals surface area (Å²) < 4.78 is 5.50. The standard InChI is InChI=1S/C16H18O2/c1-15(2)8-10-7-12-14(17)18-13-6-4-3-5-11(13)16(10,12)9-15/h3-6,10,12H,7-9H2,1-2H3/t10-,12-,16+/m1/s1. The van der Waals surface area contributed by atoms with Crippen LogP contribution in [0, 0.1) is 17.3 Å². The highest BCUT2D eigenvalue weighted by molar-refractivity contribution is 5.82. The second-order valence-corrected chi connectivity index (χ2v) is 6.99. The molecule has 0 radical (unpaired) electrons. The van der Waals surface area contributed by atoms with E-state index in [1.54, 1.807) is 0 Å². The number of hydrogen-bond donors (Lipinski definition) is 0. The summed E-state index contributed by atoms with van der Waals surface area (Å²) in [6.07, 6.45) is 3.39. The van der Waals surface area contributed by atoms with E-state index in [4.69, 9.17) is 4.74 Å². The van der Waals surface area contributed by atoms with Gasteiger partial charge < -0.3 is 4.74 Å². The summed E-state index contributed by atoms with van der Waals surface area (Å²) in [6, 6.07) is 8.14. The number of carbonyl (C=O) groups is 1. The van der Waals surface area contributed by atoms with Gasteiger partial charge in [-0.25, -0.2) is 0 Å². The Balaban J connectivity index is 1.92. The molecule has 1 spiro atoms. The number of esters is 1. The number of hydrogen-bond acceptors (Lipinski definition) is 2. The average molecular weight is 242 g/mol. The van der Waals surface area contributed by atoms with E-state index in [0.717, 1.165) is 18.6 Å². The van der Waals surface area contributed by atoms with Crippen LogP contribution in [0.25, 0.3) is 0 Å². The lowest BCUT2D eigenvalue weighted by atomic mass is 9.50. The molecule has 1 aromatic carbocycles. The van der Waals surface area contributed by atoms with Crippen LogP contribution < -0.4 is 4.74 Å². The summed E-state index contributed by atoms with van der Waals surface area (Å²) in [6.45, 7) is 4.67. The quantitative estimate of drug-likeness (QED) is 0.515. The zero-order valence-electron chi connectivity index (χ0n) is 10.9. The van der Waals surface area contributed by atoms with Crippen LogP contribution in [0.4, 0.5) is 0 Å². The molecular weight excluding hydrogens is 224 g/mol. The molecule has 3 aliphatic rings. The van der Waals surface area contributed by atoms with E-state index in [1.165, 1.54) is 12.0 Å². The van der Waals surface area contributed by atoms with Crippen LogP contribution in [-0.2, 0) is 10.2 Å². The average Bonchev–Trinajstić information content (AvgIpc) is 2.49. The molecule has 0 saturated heterocycles. The molecule has 2 heteroatoms. The Labute approximate surface area is 107 Å². The zero-order valence-corrected chi connectivity index (χ0v) is 10.9. The molecule has 1 aliphatic heterocycles. The highest BCUT2D eigenvalue weighted by Gasteiger charge is 2.67. The predicted molar refractivity (Wildman–Crippen MR) is 68.4 cm³/mol. The maximum atomic E-state index is 12.1. The van der Waals surface area contributed by atoms with Crippen LogP contribution in [0.3, 0.4) is 0 Å². The fourth-order valence-electron chi connectivity index (χ4n) is 4.82. The fourth-order valence-corrected chi connectivity index (χ4v) is 4.82. The van der Waals surface area contributed by atoms with Gasteiger partial charge in [0, 0.05) is 11.0 Å². The van der Waals surface area contributed by atoms with Crippen molar-refractivity contribution in [2.75, 3.05) is 0 Å². The molecule has 0 unspecified atom stereocenters. The molecular formula is C16H18O2. The molecule has 94 valence electrons. The number of ether oxygens (including phenoxy) is 1. The number of benzene rings is 1. The molecule has 0 N–H and O–H groups in total. The lowest BCUT2D eigenvalue weighted by Crippen LogP contribution is -2.56. The van der Waals surface area contributed by atoms with Gasteiger partial charge in [-0.05, 0) is 36.7 Å². The molecule has 18 heavy (non-hydrogen) atoms. The summed E-state index contributed by atoms with van der Waals surface area (Å²) in [5, 5.41) is 0. The van der Waals surface area contributed by atoms with Gasteiger partial charge in [0.2, 0.25) is 0 Å². The molecule has 4 rings (SSSR count). The Hall–Kier alpha value is -1.31. The summed E-state index contributed by atoms with van der Waals surface area (Å²) in [5.41, 5.74) is 1.73. The van der Waals surface area contributed by atoms with Gasteiger partial charge in [0.15, 0.2) is 0 Å². The topological polar surface area (TPSA) is 26.3 Å². The first-order valence-corrected chi connectivity index (χ1v) is 6.84. The van der Waals surface area contributed by atoms with Crippen LogP contribution in [0.15, 0.2) is 24.3 Å².